The van der Waals surface area contributed by atoms with E-state index < -0.39 is 0 Å². The van der Waals surface area contributed by atoms with Gasteiger partial charge in [-0.2, -0.15) is 0 Å². The van der Waals surface area contributed by atoms with Crippen LogP contribution in [0, 0.1) is 13.8 Å². The average molecular weight is 212 g/mol. The minimum Gasteiger partial charge on any atom is -0.397 e. The standard InChI is InChI=1S/C14H16N2/c1-9-5-3-6-11(10(9)2)12-7-4-8-13(15)14(12)16/h3-8H,15-16H2,1-2H3. The normalized spacial score (nSPS) is 10.4. The minimum atomic E-state index is 0.637. The molecular formula is C14H16N2. The predicted molar refractivity (Wildman–Crippen MR) is 70.2 cm³/mol. The lowest BCUT2D eigenvalue weighted by Crippen LogP contribution is -1.98. The summed E-state index contributed by atoms with van der Waals surface area (Å²) in [7, 11) is 0. The molecule has 0 aromatic heterocycles. The second-order valence-corrected chi connectivity index (χ2v) is 4.06. The maximum Gasteiger partial charge on any atom is 0.0627 e. The Hall–Kier alpha value is -1.96. The fourth-order valence-electron chi connectivity index (χ4n) is 1.86. The molecule has 4 N–H and O–H groups in total. The number of para-hydroxylation sites is 1. The first-order valence-electron chi connectivity index (χ1n) is 5.32. The van der Waals surface area contributed by atoms with E-state index in [0.29, 0.717) is 11.4 Å². The van der Waals surface area contributed by atoms with Crippen molar-refractivity contribution in [2.45, 2.75) is 13.8 Å². The van der Waals surface area contributed by atoms with E-state index in [1.54, 1.807) is 0 Å². The first-order valence-corrected chi connectivity index (χ1v) is 5.32. The van der Waals surface area contributed by atoms with Crippen LogP contribution in [0.15, 0.2) is 36.4 Å². The van der Waals surface area contributed by atoms with Crippen molar-refractivity contribution in [1.82, 2.24) is 0 Å². The molecule has 0 aliphatic heterocycles. The van der Waals surface area contributed by atoms with Gasteiger partial charge < -0.3 is 11.5 Å². The third kappa shape index (κ3) is 1.63. The van der Waals surface area contributed by atoms with Gasteiger partial charge in [-0.3, -0.25) is 0 Å². The Morgan fingerprint density at radius 2 is 1.44 bits per heavy atom. The van der Waals surface area contributed by atoms with Crippen LogP contribution in [0.2, 0.25) is 0 Å². The van der Waals surface area contributed by atoms with Crippen LogP contribution in [0.4, 0.5) is 11.4 Å². The molecule has 0 amide bonds. The van der Waals surface area contributed by atoms with Crippen molar-refractivity contribution < 1.29 is 0 Å². The Labute approximate surface area is 95.9 Å². The third-order valence-electron chi connectivity index (χ3n) is 3.03. The molecule has 0 aliphatic rings. The van der Waals surface area contributed by atoms with Crippen molar-refractivity contribution in [3.63, 3.8) is 0 Å². The Morgan fingerprint density at radius 1 is 0.812 bits per heavy atom. The van der Waals surface area contributed by atoms with Gasteiger partial charge >= 0.3 is 0 Å². The molecule has 0 bridgehead atoms. The predicted octanol–water partition coefficient (Wildman–Crippen LogP) is 3.13. The van der Waals surface area contributed by atoms with E-state index in [1.165, 1.54) is 11.1 Å². The average Bonchev–Trinajstić information content (AvgIpc) is 2.27. The molecule has 2 aromatic rings. The highest BCUT2D eigenvalue weighted by molar-refractivity contribution is 5.85. The molecular weight excluding hydrogens is 196 g/mol. The van der Waals surface area contributed by atoms with Gasteiger partial charge in [0.15, 0.2) is 0 Å². The summed E-state index contributed by atoms with van der Waals surface area (Å²) in [6, 6.07) is 12.0. The van der Waals surface area contributed by atoms with E-state index in [0.717, 1.165) is 11.1 Å². The SMILES string of the molecule is Cc1cccc(-c2cccc(N)c2N)c1C. The summed E-state index contributed by atoms with van der Waals surface area (Å²) in [5.41, 5.74) is 17.8. The largest absolute Gasteiger partial charge is 0.397 e. The fraction of sp³-hybridized carbons (Fsp3) is 0.143. The number of rotatable bonds is 1. The summed E-state index contributed by atoms with van der Waals surface area (Å²) in [6.45, 7) is 4.20. The molecule has 2 heteroatoms. The van der Waals surface area contributed by atoms with Crippen LogP contribution >= 0.6 is 0 Å². The van der Waals surface area contributed by atoms with Gasteiger partial charge in [-0.15, -0.1) is 0 Å². The second kappa shape index (κ2) is 3.89. The van der Waals surface area contributed by atoms with Crippen molar-refractivity contribution in [3.05, 3.63) is 47.5 Å². The number of anilines is 2. The van der Waals surface area contributed by atoms with Crippen LogP contribution < -0.4 is 11.5 Å². The number of aryl methyl sites for hydroxylation is 1. The minimum absolute atomic E-state index is 0.637. The Bertz CT molecular complexity index is 481. The summed E-state index contributed by atoms with van der Waals surface area (Å²) < 4.78 is 0. The van der Waals surface area contributed by atoms with Crippen LogP contribution in [0.25, 0.3) is 11.1 Å². The van der Waals surface area contributed by atoms with Crippen molar-refractivity contribution in [2.24, 2.45) is 0 Å². The van der Waals surface area contributed by atoms with E-state index >= 15 is 0 Å². The number of nitrogen functional groups attached to an aromatic ring is 2. The van der Waals surface area contributed by atoms with Crippen molar-refractivity contribution in [2.75, 3.05) is 11.5 Å². The summed E-state index contributed by atoms with van der Waals surface area (Å²) in [5, 5.41) is 0. The number of hydrogen-bond acceptors (Lipinski definition) is 2. The van der Waals surface area contributed by atoms with E-state index in [2.05, 4.69) is 26.0 Å². The highest BCUT2D eigenvalue weighted by Gasteiger charge is 2.08. The maximum absolute atomic E-state index is 6.01. The van der Waals surface area contributed by atoms with E-state index in [4.69, 9.17) is 11.5 Å². The van der Waals surface area contributed by atoms with E-state index in [-0.39, 0.29) is 0 Å². The number of nitrogens with two attached hydrogens (primary N) is 2. The Balaban J connectivity index is 2.68. The molecule has 2 rings (SSSR count). The second-order valence-electron chi connectivity index (χ2n) is 4.06. The molecule has 0 fully saturated rings. The zero-order chi connectivity index (χ0) is 11.7. The van der Waals surface area contributed by atoms with Crippen LogP contribution in [0.1, 0.15) is 11.1 Å². The van der Waals surface area contributed by atoms with Crippen molar-refractivity contribution in [3.8, 4) is 11.1 Å². The topological polar surface area (TPSA) is 52.0 Å². The molecule has 0 saturated heterocycles. The van der Waals surface area contributed by atoms with Gasteiger partial charge in [-0.1, -0.05) is 30.3 Å². The summed E-state index contributed by atoms with van der Waals surface area (Å²) in [5.74, 6) is 0. The van der Waals surface area contributed by atoms with Gasteiger partial charge in [-0.05, 0) is 36.6 Å². The van der Waals surface area contributed by atoms with Gasteiger partial charge in [0.1, 0.15) is 0 Å². The zero-order valence-electron chi connectivity index (χ0n) is 9.62. The number of hydrogen-bond donors (Lipinski definition) is 2. The molecule has 0 unspecified atom stereocenters. The highest BCUT2D eigenvalue weighted by Crippen LogP contribution is 2.32. The molecule has 0 spiro atoms. The lowest BCUT2D eigenvalue weighted by molar-refractivity contribution is 1.34. The maximum atomic E-state index is 6.01. The van der Waals surface area contributed by atoms with Gasteiger partial charge in [0, 0.05) is 5.56 Å². The highest BCUT2D eigenvalue weighted by atomic mass is 14.7. The fourth-order valence-corrected chi connectivity index (χ4v) is 1.86. The van der Waals surface area contributed by atoms with Crippen molar-refractivity contribution >= 4 is 11.4 Å². The molecule has 0 aliphatic carbocycles. The summed E-state index contributed by atoms with van der Waals surface area (Å²) in [6.07, 6.45) is 0. The van der Waals surface area contributed by atoms with E-state index in [1.807, 2.05) is 24.3 Å². The molecule has 82 valence electrons. The third-order valence-corrected chi connectivity index (χ3v) is 3.03. The molecule has 16 heavy (non-hydrogen) atoms. The first kappa shape index (κ1) is 10.6. The molecule has 0 heterocycles. The molecule has 2 nitrogen and oxygen atoms in total. The van der Waals surface area contributed by atoms with Gasteiger partial charge in [0.05, 0.1) is 11.4 Å². The summed E-state index contributed by atoms with van der Waals surface area (Å²) in [4.78, 5) is 0. The molecule has 0 saturated carbocycles. The molecule has 0 radical (unpaired) electrons. The Kier molecular flexibility index (Phi) is 2.57. The molecule has 0 atom stereocenters. The van der Waals surface area contributed by atoms with Crippen LogP contribution in [-0.4, -0.2) is 0 Å². The first-order chi connectivity index (χ1) is 7.61. The monoisotopic (exact) mass is 212 g/mol. The van der Waals surface area contributed by atoms with Gasteiger partial charge in [0.2, 0.25) is 0 Å². The van der Waals surface area contributed by atoms with Crippen LogP contribution in [0.5, 0.6) is 0 Å². The van der Waals surface area contributed by atoms with Crippen LogP contribution in [0.3, 0.4) is 0 Å². The lowest BCUT2D eigenvalue weighted by Gasteiger charge is -2.12. The van der Waals surface area contributed by atoms with Crippen LogP contribution in [-0.2, 0) is 0 Å². The Morgan fingerprint density at radius 3 is 2.19 bits per heavy atom. The molecule has 2 aromatic carbocycles. The van der Waals surface area contributed by atoms with Gasteiger partial charge in [0.25, 0.3) is 0 Å². The number of benzene rings is 2. The van der Waals surface area contributed by atoms with Gasteiger partial charge in [-0.25, -0.2) is 0 Å². The van der Waals surface area contributed by atoms with E-state index in [9.17, 15) is 0 Å². The smallest absolute Gasteiger partial charge is 0.0627 e. The zero-order valence-corrected chi connectivity index (χ0v) is 9.62. The summed E-state index contributed by atoms with van der Waals surface area (Å²) >= 11 is 0. The lowest BCUT2D eigenvalue weighted by atomic mass is 9.95. The quantitative estimate of drug-likeness (QED) is 0.713. The van der Waals surface area contributed by atoms with Crippen molar-refractivity contribution in [1.29, 1.82) is 0 Å².